The Balaban J connectivity index is 1.61. The highest BCUT2D eigenvalue weighted by Gasteiger charge is 2.19. The monoisotopic (exact) mass is 381 g/mol. The molecule has 1 aromatic heterocycles. The Morgan fingerprint density at radius 3 is 2.33 bits per heavy atom. The van der Waals surface area contributed by atoms with Crippen LogP contribution in [-0.2, 0) is 4.79 Å². The lowest BCUT2D eigenvalue weighted by Gasteiger charge is -2.10. The van der Waals surface area contributed by atoms with Crippen LogP contribution in [0.5, 0.6) is 0 Å². The predicted molar refractivity (Wildman–Crippen MR) is 105 cm³/mol. The SMILES string of the molecule is CC(=O)c1ccc(NC(=O)C(C)Sc2nnc(-c3ccc(C)cc3)o2)cc1. The highest BCUT2D eigenvalue weighted by atomic mass is 32.2. The minimum Gasteiger partial charge on any atom is -0.411 e. The molecular formula is C20H19N3O3S. The molecule has 0 saturated heterocycles. The first-order chi connectivity index (χ1) is 12.9. The zero-order valence-electron chi connectivity index (χ0n) is 15.2. The zero-order chi connectivity index (χ0) is 19.4. The Morgan fingerprint density at radius 1 is 1.04 bits per heavy atom. The molecule has 1 unspecified atom stereocenters. The molecule has 1 N–H and O–H groups in total. The molecule has 138 valence electrons. The number of amides is 1. The van der Waals surface area contributed by atoms with Crippen molar-refractivity contribution >= 4 is 29.1 Å². The smallest absolute Gasteiger partial charge is 0.277 e. The van der Waals surface area contributed by atoms with Crippen LogP contribution in [0.2, 0.25) is 0 Å². The quantitative estimate of drug-likeness (QED) is 0.504. The van der Waals surface area contributed by atoms with Crippen LogP contribution in [0.1, 0.15) is 29.8 Å². The van der Waals surface area contributed by atoms with Crippen molar-refractivity contribution in [3.8, 4) is 11.5 Å². The maximum Gasteiger partial charge on any atom is 0.277 e. The van der Waals surface area contributed by atoms with E-state index in [0.29, 0.717) is 22.4 Å². The van der Waals surface area contributed by atoms with Crippen LogP contribution in [-0.4, -0.2) is 27.1 Å². The summed E-state index contributed by atoms with van der Waals surface area (Å²) in [5.74, 6) is 0.216. The van der Waals surface area contributed by atoms with Gasteiger partial charge in [-0.25, -0.2) is 0 Å². The molecule has 3 rings (SSSR count). The summed E-state index contributed by atoms with van der Waals surface area (Å²) in [5.41, 5.74) is 3.21. The van der Waals surface area contributed by atoms with Crippen molar-refractivity contribution in [2.24, 2.45) is 0 Å². The van der Waals surface area contributed by atoms with E-state index in [1.165, 1.54) is 18.7 Å². The average Bonchev–Trinajstić information content (AvgIpc) is 3.11. The van der Waals surface area contributed by atoms with Gasteiger partial charge in [-0.2, -0.15) is 0 Å². The first-order valence-corrected chi connectivity index (χ1v) is 9.29. The number of rotatable bonds is 6. The van der Waals surface area contributed by atoms with Gasteiger partial charge >= 0.3 is 0 Å². The molecule has 0 bridgehead atoms. The van der Waals surface area contributed by atoms with Gasteiger partial charge in [-0.3, -0.25) is 9.59 Å². The van der Waals surface area contributed by atoms with Gasteiger partial charge in [0.25, 0.3) is 5.22 Å². The maximum absolute atomic E-state index is 12.4. The summed E-state index contributed by atoms with van der Waals surface area (Å²) in [6.07, 6.45) is 0. The standard InChI is InChI=1S/C20H19N3O3S/c1-12-4-6-16(7-5-12)19-22-23-20(26-19)27-14(3)18(25)21-17-10-8-15(9-11-17)13(2)24/h4-11,14H,1-3H3,(H,21,25). The fourth-order valence-corrected chi connectivity index (χ4v) is 2.99. The molecule has 7 heteroatoms. The zero-order valence-corrected chi connectivity index (χ0v) is 16.0. The van der Waals surface area contributed by atoms with Crippen LogP contribution in [0.25, 0.3) is 11.5 Å². The molecule has 1 amide bonds. The van der Waals surface area contributed by atoms with Crippen LogP contribution in [0, 0.1) is 6.92 Å². The van der Waals surface area contributed by atoms with Gasteiger partial charge in [-0.15, -0.1) is 10.2 Å². The Kier molecular flexibility index (Phi) is 5.71. The lowest BCUT2D eigenvalue weighted by atomic mass is 10.1. The van der Waals surface area contributed by atoms with Crippen LogP contribution < -0.4 is 5.32 Å². The number of carbonyl (C=O) groups is 2. The van der Waals surface area contributed by atoms with E-state index in [1.54, 1.807) is 31.2 Å². The summed E-state index contributed by atoms with van der Waals surface area (Å²) >= 11 is 1.19. The van der Waals surface area contributed by atoms with Crippen molar-refractivity contribution in [3.05, 3.63) is 59.7 Å². The van der Waals surface area contributed by atoms with Crippen LogP contribution in [0.15, 0.2) is 58.2 Å². The number of benzene rings is 2. The van der Waals surface area contributed by atoms with Gasteiger partial charge in [-0.1, -0.05) is 29.5 Å². The van der Waals surface area contributed by atoms with Crippen LogP contribution in [0.4, 0.5) is 5.69 Å². The maximum atomic E-state index is 12.4. The number of carbonyl (C=O) groups excluding carboxylic acids is 2. The van der Waals surface area contributed by atoms with E-state index >= 15 is 0 Å². The number of nitrogens with zero attached hydrogens (tertiary/aromatic N) is 2. The number of hydrogen-bond acceptors (Lipinski definition) is 6. The number of ketones is 1. The van der Waals surface area contributed by atoms with E-state index in [-0.39, 0.29) is 11.7 Å². The Hall–Kier alpha value is -2.93. The molecule has 0 saturated carbocycles. The first-order valence-electron chi connectivity index (χ1n) is 8.41. The van der Waals surface area contributed by atoms with Crippen molar-refractivity contribution in [2.75, 3.05) is 5.32 Å². The van der Waals surface area contributed by atoms with Gasteiger partial charge in [0.1, 0.15) is 0 Å². The van der Waals surface area contributed by atoms with Crippen molar-refractivity contribution < 1.29 is 14.0 Å². The fourth-order valence-electron chi connectivity index (χ4n) is 2.31. The lowest BCUT2D eigenvalue weighted by Crippen LogP contribution is -2.22. The third-order valence-corrected chi connectivity index (χ3v) is 4.85. The summed E-state index contributed by atoms with van der Waals surface area (Å²) in [5, 5.41) is 10.8. The van der Waals surface area contributed by atoms with Gasteiger partial charge in [0.05, 0.1) is 5.25 Å². The van der Waals surface area contributed by atoms with E-state index in [1.807, 2.05) is 31.2 Å². The number of thioether (sulfide) groups is 1. The number of aryl methyl sites for hydroxylation is 1. The second-order valence-electron chi connectivity index (χ2n) is 6.12. The molecule has 0 aliphatic heterocycles. The number of aromatic nitrogens is 2. The van der Waals surface area contributed by atoms with Crippen molar-refractivity contribution in [1.82, 2.24) is 10.2 Å². The highest BCUT2D eigenvalue weighted by molar-refractivity contribution is 8.00. The number of anilines is 1. The molecule has 3 aromatic rings. The molecule has 0 spiro atoms. The van der Waals surface area contributed by atoms with Crippen molar-refractivity contribution in [3.63, 3.8) is 0 Å². The average molecular weight is 381 g/mol. The second-order valence-corrected chi connectivity index (χ2v) is 7.41. The molecule has 0 radical (unpaired) electrons. The number of nitrogens with one attached hydrogen (secondary N) is 1. The molecule has 0 fully saturated rings. The molecule has 0 aliphatic rings. The Morgan fingerprint density at radius 2 is 1.70 bits per heavy atom. The van der Waals surface area contributed by atoms with Gasteiger partial charge in [-0.05, 0) is 57.2 Å². The highest BCUT2D eigenvalue weighted by Crippen LogP contribution is 2.27. The number of hydrogen-bond donors (Lipinski definition) is 1. The largest absolute Gasteiger partial charge is 0.411 e. The Labute approximate surface area is 161 Å². The molecule has 0 aliphatic carbocycles. The summed E-state index contributed by atoms with van der Waals surface area (Å²) in [6, 6.07) is 14.5. The van der Waals surface area contributed by atoms with E-state index in [4.69, 9.17) is 4.42 Å². The van der Waals surface area contributed by atoms with Gasteiger partial charge in [0.2, 0.25) is 11.8 Å². The summed E-state index contributed by atoms with van der Waals surface area (Å²) in [7, 11) is 0. The van der Waals surface area contributed by atoms with Crippen LogP contribution in [0.3, 0.4) is 0 Å². The lowest BCUT2D eigenvalue weighted by molar-refractivity contribution is -0.115. The minimum absolute atomic E-state index is 0.0161. The summed E-state index contributed by atoms with van der Waals surface area (Å²) < 4.78 is 5.65. The topological polar surface area (TPSA) is 85.1 Å². The van der Waals surface area contributed by atoms with E-state index in [0.717, 1.165) is 11.1 Å². The van der Waals surface area contributed by atoms with Gasteiger partial charge < -0.3 is 9.73 Å². The van der Waals surface area contributed by atoms with Crippen LogP contribution >= 0.6 is 11.8 Å². The molecule has 6 nitrogen and oxygen atoms in total. The molecule has 2 aromatic carbocycles. The molecule has 27 heavy (non-hydrogen) atoms. The number of Topliss-reactive ketones (excluding diaryl/α,β-unsaturated/α-hetero) is 1. The predicted octanol–water partition coefficient (Wildman–Crippen LogP) is 4.37. The van der Waals surface area contributed by atoms with Crippen molar-refractivity contribution in [1.29, 1.82) is 0 Å². The molecular weight excluding hydrogens is 362 g/mol. The Bertz CT molecular complexity index is 949. The summed E-state index contributed by atoms with van der Waals surface area (Å²) in [6.45, 7) is 5.27. The third kappa shape index (κ3) is 4.83. The normalized spacial score (nSPS) is 11.8. The van der Waals surface area contributed by atoms with Gasteiger partial charge in [0.15, 0.2) is 5.78 Å². The van der Waals surface area contributed by atoms with Gasteiger partial charge in [0, 0.05) is 16.8 Å². The van der Waals surface area contributed by atoms with Crippen molar-refractivity contribution in [2.45, 2.75) is 31.2 Å². The van der Waals surface area contributed by atoms with E-state index in [2.05, 4.69) is 15.5 Å². The second kappa shape index (κ2) is 8.18. The van der Waals surface area contributed by atoms with E-state index < -0.39 is 5.25 Å². The third-order valence-electron chi connectivity index (χ3n) is 3.91. The minimum atomic E-state index is -0.427. The fraction of sp³-hybridized carbons (Fsp3) is 0.200. The molecule has 1 heterocycles. The first kappa shape index (κ1) is 18.8. The van der Waals surface area contributed by atoms with E-state index in [9.17, 15) is 9.59 Å². The molecule has 1 atom stereocenters. The summed E-state index contributed by atoms with van der Waals surface area (Å²) in [4.78, 5) is 23.7.